The molecule has 0 aromatic carbocycles. The van der Waals surface area contributed by atoms with E-state index in [1.165, 1.54) is 32.1 Å². The minimum Gasteiger partial charge on any atom is -0.356 e. The molecule has 1 fully saturated rings. The van der Waals surface area contributed by atoms with Gasteiger partial charge in [-0.15, -0.1) is 0 Å². The Bertz CT molecular complexity index is 395. The second-order valence-corrected chi connectivity index (χ2v) is 5.90. The van der Waals surface area contributed by atoms with Gasteiger partial charge in [0.15, 0.2) is 0 Å². The molecular weight excluding hydrogens is 234 g/mol. The molecule has 2 rings (SSSR count). The van der Waals surface area contributed by atoms with Gasteiger partial charge in [-0.1, -0.05) is 19.4 Å². The second-order valence-electron chi connectivity index (χ2n) is 5.90. The Kier molecular flexibility index (Phi) is 4.81. The summed E-state index contributed by atoms with van der Waals surface area (Å²) >= 11 is 0. The molecule has 0 unspecified atom stereocenters. The number of rotatable bonds is 4. The van der Waals surface area contributed by atoms with E-state index in [0.29, 0.717) is 6.04 Å². The van der Waals surface area contributed by atoms with Crippen molar-refractivity contribution >= 4 is 5.82 Å². The lowest BCUT2D eigenvalue weighted by Crippen LogP contribution is -2.36. The number of hydrogen-bond donors (Lipinski definition) is 1. The average molecular weight is 261 g/mol. The van der Waals surface area contributed by atoms with Gasteiger partial charge < -0.3 is 10.6 Å². The van der Waals surface area contributed by atoms with Crippen LogP contribution in [-0.4, -0.2) is 18.1 Å². The highest BCUT2D eigenvalue weighted by atomic mass is 15.2. The molecule has 0 radical (unpaired) electrons. The molecule has 1 saturated carbocycles. The monoisotopic (exact) mass is 261 g/mol. The maximum atomic E-state index is 6.06. The van der Waals surface area contributed by atoms with E-state index in [1.54, 1.807) is 0 Å². The molecule has 3 nitrogen and oxygen atoms in total. The number of anilines is 1. The first-order valence-electron chi connectivity index (χ1n) is 7.56. The Morgan fingerprint density at radius 3 is 2.63 bits per heavy atom. The maximum absolute atomic E-state index is 6.06. The van der Waals surface area contributed by atoms with E-state index in [0.717, 1.165) is 17.3 Å². The van der Waals surface area contributed by atoms with Crippen LogP contribution in [0.25, 0.3) is 0 Å². The minimum absolute atomic E-state index is 0.0399. The van der Waals surface area contributed by atoms with Crippen LogP contribution in [0.2, 0.25) is 0 Å². The van der Waals surface area contributed by atoms with Gasteiger partial charge >= 0.3 is 0 Å². The van der Waals surface area contributed by atoms with Crippen molar-refractivity contribution in [2.45, 2.75) is 58.0 Å². The van der Waals surface area contributed by atoms with Gasteiger partial charge in [-0.05, 0) is 44.6 Å². The van der Waals surface area contributed by atoms with Gasteiger partial charge in [0.2, 0.25) is 0 Å². The number of nitrogens with two attached hydrogens (primary N) is 1. The summed E-state index contributed by atoms with van der Waals surface area (Å²) in [6.45, 7) is 4.34. The van der Waals surface area contributed by atoms with Crippen molar-refractivity contribution in [3.8, 4) is 0 Å². The fourth-order valence-corrected chi connectivity index (χ4v) is 3.17. The summed E-state index contributed by atoms with van der Waals surface area (Å²) in [5.74, 6) is 2.00. The molecule has 0 spiro atoms. The molecule has 106 valence electrons. The molecule has 0 bridgehead atoms. The molecular formula is C16H27N3. The molecule has 1 atom stereocenters. The van der Waals surface area contributed by atoms with Gasteiger partial charge in [0.25, 0.3) is 0 Å². The molecule has 0 aliphatic heterocycles. The van der Waals surface area contributed by atoms with Crippen LogP contribution >= 0.6 is 0 Å². The van der Waals surface area contributed by atoms with Crippen molar-refractivity contribution in [1.82, 2.24) is 4.98 Å². The molecule has 1 aromatic rings. The van der Waals surface area contributed by atoms with Crippen LogP contribution in [0.5, 0.6) is 0 Å². The van der Waals surface area contributed by atoms with Crippen LogP contribution in [0.1, 0.15) is 57.6 Å². The molecule has 1 aromatic heterocycles. The van der Waals surface area contributed by atoms with Crippen LogP contribution in [0, 0.1) is 5.92 Å². The Morgan fingerprint density at radius 1 is 1.37 bits per heavy atom. The topological polar surface area (TPSA) is 42.2 Å². The van der Waals surface area contributed by atoms with Crippen molar-refractivity contribution in [3.05, 3.63) is 23.9 Å². The van der Waals surface area contributed by atoms with E-state index < -0.39 is 0 Å². The third-order valence-electron chi connectivity index (χ3n) is 4.58. The van der Waals surface area contributed by atoms with E-state index in [2.05, 4.69) is 29.9 Å². The lowest BCUT2D eigenvalue weighted by Gasteiger charge is -2.36. The SMILES string of the molecule is CCC1CCC(N(C)c2ncccc2[C@H](C)N)CC1. The van der Waals surface area contributed by atoms with Crippen LogP contribution in [0.15, 0.2) is 18.3 Å². The van der Waals surface area contributed by atoms with Crippen molar-refractivity contribution in [3.63, 3.8) is 0 Å². The van der Waals surface area contributed by atoms with Gasteiger partial charge in [0.1, 0.15) is 5.82 Å². The number of hydrogen-bond acceptors (Lipinski definition) is 3. The summed E-state index contributed by atoms with van der Waals surface area (Å²) in [5, 5.41) is 0. The van der Waals surface area contributed by atoms with Crippen molar-refractivity contribution in [2.75, 3.05) is 11.9 Å². The molecule has 1 heterocycles. The highest BCUT2D eigenvalue weighted by Gasteiger charge is 2.25. The Labute approximate surface area is 117 Å². The smallest absolute Gasteiger partial charge is 0.133 e. The van der Waals surface area contributed by atoms with E-state index in [9.17, 15) is 0 Å². The van der Waals surface area contributed by atoms with Crippen molar-refractivity contribution in [1.29, 1.82) is 0 Å². The molecule has 1 aliphatic carbocycles. The standard InChI is InChI=1S/C16H27N3/c1-4-13-7-9-14(10-8-13)19(3)16-15(12(2)17)6-5-11-18-16/h5-6,11-14H,4,7-10,17H2,1-3H3/t12-,13?,14?/m0/s1. The highest BCUT2D eigenvalue weighted by Crippen LogP contribution is 2.32. The Balaban J connectivity index is 2.10. The predicted octanol–water partition coefficient (Wildman–Crippen LogP) is 3.51. The largest absolute Gasteiger partial charge is 0.356 e. The summed E-state index contributed by atoms with van der Waals surface area (Å²) in [7, 11) is 2.17. The zero-order chi connectivity index (χ0) is 13.8. The molecule has 0 saturated heterocycles. The van der Waals surface area contributed by atoms with Crippen LogP contribution < -0.4 is 10.6 Å². The molecule has 19 heavy (non-hydrogen) atoms. The van der Waals surface area contributed by atoms with E-state index in [1.807, 2.05) is 19.2 Å². The maximum Gasteiger partial charge on any atom is 0.133 e. The van der Waals surface area contributed by atoms with Crippen LogP contribution in [0.3, 0.4) is 0 Å². The van der Waals surface area contributed by atoms with E-state index in [-0.39, 0.29) is 6.04 Å². The lowest BCUT2D eigenvalue weighted by atomic mass is 9.84. The first-order valence-corrected chi connectivity index (χ1v) is 7.56. The first-order chi connectivity index (χ1) is 9.13. The summed E-state index contributed by atoms with van der Waals surface area (Å²) in [6.07, 6.45) is 8.46. The quantitative estimate of drug-likeness (QED) is 0.902. The molecule has 3 heteroatoms. The third-order valence-corrected chi connectivity index (χ3v) is 4.58. The third kappa shape index (κ3) is 3.27. The molecule has 0 amide bonds. The van der Waals surface area contributed by atoms with Crippen LogP contribution in [-0.2, 0) is 0 Å². The highest BCUT2D eigenvalue weighted by molar-refractivity contribution is 5.48. The fraction of sp³-hybridized carbons (Fsp3) is 0.688. The summed E-state index contributed by atoms with van der Waals surface area (Å²) < 4.78 is 0. The lowest BCUT2D eigenvalue weighted by molar-refractivity contribution is 0.312. The molecule has 1 aliphatic rings. The van der Waals surface area contributed by atoms with Gasteiger partial charge in [0.05, 0.1) is 0 Å². The molecule has 2 N–H and O–H groups in total. The summed E-state index contributed by atoms with van der Waals surface area (Å²) in [6, 6.07) is 4.74. The Hall–Kier alpha value is -1.09. The average Bonchev–Trinajstić information content (AvgIpc) is 2.46. The predicted molar refractivity (Wildman–Crippen MR) is 81.3 cm³/mol. The fourth-order valence-electron chi connectivity index (χ4n) is 3.17. The van der Waals surface area contributed by atoms with E-state index in [4.69, 9.17) is 5.73 Å². The first kappa shape index (κ1) is 14.3. The van der Waals surface area contributed by atoms with E-state index >= 15 is 0 Å². The zero-order valence-corrected chi connectivity index (χ0v) is 12.5. The second kappa shape index (κ2) is 6.38. The summed E-state index contributed by atoms with van der Waals surface area (Å²) in [5.41, 5.74) is 7.21. The minimum atomic E-state index is 0.0399. The number of pyridine rings is 1. The zero-order valence-electron chi connectivity index (χ0n) is 12.5. The number of nitrogens with zero attached hydrogens (tertiary/aromatic N) is 2. The van der Waals surface area contributed by atoms with Crippen LogP contribution in [0.4, 0.5) is 5.82 Å². The Morgan fingerprint density at radius 2 is 2.05 bits per heavy atom. The normalized spacial score (nSPS) is 25.1. The van der Waals surface area contributed by atoms with Gasteiger partial charge in [0, 0.05) is 30.9 Å². The van der Waals surface area contributed by atoms with Crippen molar-refractivity contribution in [2.24, 2.45) is 11.7 Å². The van der Waals surface area contributed by atoms with Gasteiger partial charge in [-0.2, -0.15) is 0 Å². The van der Waals surface area contributed by atoms with Gasteiger partial charge in [-0.25, -0.2) is 4.98 Å². The van der Waals surface area contributed by atoms with Gasteiger partial charge in [-0.3, -0.25) is 0 Å². The number of aromatic nitrogens is 1. The summed E-state index contributed by atoms with van der Waals surface area (Å²) in [4.78, 5) is 6.91. The van der Waals surface area contributed by atoms with Crippen molar-refractivity contribution < 1.29 is 0 Å².